The van der Waals surface area contributed by atoms with Gasteiger partial charge in [-0.2, -0.15) is 5.10 Å². The number of ether oxygens (including phenoxy) is 1. The fraction of sp³-hybridized carbons (Fsp3) is 0.429. The summed E-state index contributed by atoms with van der Waals surface area (Å²) in [7, 11) is 0. The van der Waals surface area contributed by atoms with Crippen LogP contribution in [0.2, 0.25) is 5.02 Å². The number of pyridine rings is 1. The van der Waals surface area contributed by atoms with E-state index in [0.29, 0.717) is 37.6 Å². The summed E-state index contributed by atoms with van der Waals surface area (Å²) >= 11 is 6.27. The maximum Gasteiger partial charge on any atom is 0.411 e. The van der Waals surface area contributed by atoms with Crippen LogP contribution in [-0.4, -0.2) is 80.3 Å². The molecule has 0 spiro atoms. The molecule has 2 aliphatic heterocycles. The molecular weight excluding hydrogens is 588 g/mol. The Morgan fingerprint density at radius 1 is 1.00 bits per heavy atom. The first-order valence-corrected chi connectivity index (χ1v) is 16.0. The lowest BCUT2D eigenvalue weighted by Gasteiger charge is -2.42. The summed E-state index contributed by atoms with van der Waals surface area (Å²) in [4.78, 5) is 39.0. The highest BCUT2D eigenvalue weighted by Crippen LogP contribution is 2.43. The SMILES string of the molecule is CC(C)(C)OC(=O)N1C(C(C(=O)N2CCN(c3c(-c4ccccc4)cnc4[nH]ncc34)CC2)c2ccc(Cl)cc2)CCC1(C)C. The molecule has 10 heteroatoms. The molecule has 9 nitrogen and oxygen atoms in total. The molecule has 0 saturated carbocycles. The summed E-state index contributed by atoms with van der Waals surface area (Å²) in [6, 6.07) is 17.3. The van der Waals surface area contributed by atoms with E-state index in [4.69, 9.17) is 16.3 Å². The van der Waals surface area contributed by atoms with Crippen molar-refractivity contribution in [2.45, 2.75) is 70.6 Å². The van der Waals surface area contributed by atoms with Crippen LogP contribution in [0.25, 0.3) is 22.2 Å². The molecular formula is C35H41ClN6O3. The topological polar surface area (TPSA) is 94.7 Å². The van der Waals surface area contributed by atoms with Crippen LogP contribution < -0.4 is 4.90 Å². The maximum absolute atomic E-state index is 14.6. The van der Waals surface area contributed by atoms with Gasteiger partial charge < -0.3 is 14.5 Å². The van der Waals surface area contributed by atoms with Crippen LogP contribution in [0.3, 0.4) is 0 Å². The Kier molecular flexibility index (Phi) is 8.24. The number of carbonyl (C=O) groups excluding carboxylic acids is 2. The minimum atomic E-state index is -0.650. The molecule has 0 bridgehead atoms. The quantitative estimate of drug-likeness (QED) is 0.259. The van der Waals surface area contributed by atoms with Gasteiger partial charge in [0.25, 0.3) is 0 Å². The van der Waals surface area contributed by atoms with Gasteiger partial charge in [-0.1, -0.05) is 54.1 Å². The van der Waals surface area contributed by atoms with Crippen LogP contribution in [0, 0.1) is 0 Å². The van der Waals surface area contributed by atoms with Crippen molar-refractivity contribution >= 4 is 40.3 Å². The summed E-state index contributed by atoms with van der Waals surface area (Å²) in [6.07, 6.45) is 4.80. The lowest BCUT2D eigenvalue weighted by Crippen LogP contribution is -2.55. The Morgan fingerprint density at radius 2 is 1.69 bits per heavy atom. The Morgan fingerprint density at radius 3 is 2.36 bits per heavy atom. The average molecular weight is 629 g/mol. The number of halogens is 1. The van der Waals surface area contributed by atoms with E-state index in [1.165, 1.54) is 0 Å². The van der Waals surface area contributed by atoms with Crippen LogP contribution in [0.5, 0.6) is 0 Å². The molecule has 2 aromatic heterocycles. The Hall–Kier alpha value is -4.11. The third-order valence-electron chi connectivity index (χ3n) is 8.95. The van der Waals surface area contributed by atoms with Crippen molar-refractivity contribution in [1.29, 1.82) is 0 Å². The highest BCUT2D eigenvalue weighted by Gasteiger charge is 2.50. The van der Waals surface area contributed by atoms with Crippen molar-refractivity contribution in [3.63, 3.8) is 0 Å². The van der Waals surface area contributed by atoms with Crippen LogP contribution in [-0.2, 0) is 9.53 Å². The summed E-state index contributed by atoms with van der Waals surface area (Å²) in [5.74, 6) is -0.538. The number of carbonyl (C=O) groups is 2. The van der Waals surface area contributed by atoms with Gasteiger partial charge in [0.15, 0.2) is 5.65 Å². The van der Waals surface area contributed by atoms with Crippen molar-refractivity contribution in [2.24, 2.45) is 0 Å². The van der Waals surface area contributed by atoms with Crippen LogP contribution in [0.4, 0.5) is 10.5 Å². The second kappa shape index (κ2) is 12.0. The summed E-state index contributed by atoms with van der Waals surface area (Å²) in [5, 5.41) is 8.83. The smallest absolute Gasteiger partial charge is 0.411 e. The molecule has 2 amide bonds. The number of aromatic nitrogens is 3. The van der Waals surface area contributed by atoms with E-state index in [2.05, 4.69) is 46.1 Å². The van der Waals surface area contributed by atoms with Gasteiger partial charge in [0.1, 0.15) is 5.60 Å². The minimum absolute atomic E-state index is 0.0136. The number of amides is 2. The highest BCUT2D eigenvalue weighted by atomic mass is 35.5. The fourth-order valence-corrected chi connectivity index (χ4v) is 6.94. The van der Waals surface area contributed by atoms with Gasteiger partial charge in [0.2, 0.25) is 5.91 Å². The van der Waals surface area contributed by atoms with Crippen molar-refractivity contribution in [3.05, 3.63) is 77.6 Å². The number of hydrogen-bond donors (Lipinski definition) is 1. The van der Waals surface area contributed by atoms with Gasteiger partial charge >= 0.3 is 6.09 Å². The third-order valence-corrected chi connectivity index (χ3v) is 9.20. The fourth-order valence-electron chi connectivity index (χ4n) is 6.81. The van der Waals surface area contributed by atoms with Crippen LogP contribution in [0.1, 0.15) is 58.9 Å². The van der Waals surface area contributed by atoms with Gasteiger partial charge in [0, 0.05) is 48.5 Å². The second-order valence-electron chi connectivity index (χ2n) is 13.6. The van der Waals surface area contributed by atoms with Crippen molar-refractivity contribution in [2.75, 3.05) is 31.1 Å². The number of fused-ring (bicyclic) bond motifs is 1. The van der Waals surface area contributed by atoms with E-state index in [1.807, 2.05) is 85.4 Å². The zero-order valence-corrected chi connectivity index (χ0v) is 27.3. The van der Waals surface area contributed by atoms with Gasteiger partial charge in [-0.15, -0.1) is 0 Å². The lowest BCUT2D eigenvalue weighted by atomic mass is 9.88. The standard InChI is InChI=1S/C35H41ClN6O3/c1-34(2,3)45-33(44)42-28(15-16-35(42,4)5)29(24-11-13-25(36)14-12-24)32(43)41-19-17-40(18-20-41)30-26(23-9-7-6-8-10-23)21-37-31-27(30)22-38-39-31/h6-14,21-22,28-29H,15-20H2,1-5H3,(H,37,38,39). The largest absolute Gasteiger partial charge is 0.444 e. The molecule has 45 heavy (non-hydrogen) atoms. The lowest BCUT2D eigenvalue weighted by molar-refractivity contribution is -0.134. The molecule has 0 aliphatic carbocycles. The summed E-state index contributed by atoms with van der Waals surface area (Å²) in [6.45, 7) is 12.1. The number of likely N-dealkylation sites (tertiary alicyclic amines) is 1. The van der Waals surface area contributed by atoms with E-state index in [0.717, 1.165) is 39.8 Å². The molecule has 236 valence electrons. The number of aromatic amines is 1. The molecule has 6 rings (SSSR count). The van der Waals surface area contributed by atoms with Gasteiger partial charge in [0.05, 0.1) is 29.2 Å². The van der Waals surface area contributed by atoms with Gasteiger partial charge in [-0.25, -0.2) is 9.78 Å². The normalized spacial score (nSPS) is 19.2. The minimum Gasteiger partial charge on any atom is -0.444 e. The molecule has 2 fully saturated rings. The van der Waals surface area contributed by atoms with Crippen molar-refractivity contribution in [3.8, 4) is 11.1 Å². The first-order chi connectivity index (χ1) is 21.4. The molecule has 4 aromatic rings. The predicted octanol–water partition coefficient (Wildman–Crippen LogP) is 6.89. The molecule has 0 radical (unpaired) electrons. The number of H-pyrrole nitrogens is 1. The molecule has 2 aliphatic rings. The maximum atomic E-state index is 14.6. The van der Waals surface area contributed by atoms with Crippen LogP contribution in [0.15, 0.2) is 67.0 Å². The Balaban J connectivity index is 1.29. The number of benzene rings is 2. The number of anilines is 1. The number of piperazine rings is 1. The van der Waals surface area contributed by atoms with Crippen molar-refractivity contribution < 1.29 is 14.3 Å². The molecule has 2 unspecified atom stereocenters. The Bertz CT molecular complexity index is 1670. The second-order valence-corrected chi connectivity index (χ2v) is 14.1. The summed E-state index contributed by atoms with van der Waals surface area (Å²) < 4.78 is 5.88. The Labute approximate surface area is 269 Å². The first-order valence-electron chi connectivity index (χ1n) is 15.6. The molecule has 1 N–H and O–H groups in total. The number of hydrogen-bond acceptors (Lipinski definition) is 6. The number of rotatable bonds is 5. The van der Waals surface area contributed by atoms with E-state index < -0.39 is 17.1 Å². The van der Waals surface area contributed by atoms with E-state index in [9.17, 15) is 9.59 Å². The van der Waals surface area contributed by atoms with Gasteiger partial charge in [-0.3, -0.25) is 14.8 Å². The van der Waals surface area contributed by atoms with Crippen LogP contribution >= 0.6 is 11.6 Å². The van der Waals surface area contributed by atoms with E-state index in [1.54, 1.807) is 0 Å². The molecule has 2 atom stereocenters. The third kappa shape index (κ3) is 6.23. The first kappa shape index (κ1) is 30.9. The molecule has 4 heterocycles. The van der Waals surface area contributed by atoms with E-state index in [-0.39, 0.29) is 18.0 Å². The summed E-state index contributed by atoms with van der Waals surface area (Å²) in [5.41, 5.74) is 3.65. The average Bonchev–Trinajstić information content (AvgIpc) is 3.61. The van der Waals surface area contributed by atoms with Gasteiger partial charge in [-0.05, 0) is 70.7 Å². The highest BCUT2D eigenvalue weighted by molar-refractivity contribution is 6.30. The monoisotopic (exact) mass is 628 g/mol. The molecule has 2 saturated heterocycles. The zero-order chi connectivity index (χ0) is 31.9. The number of nitrogens with zero attached hydrogens (tertiary/aromatic N) is 5. The molecule has 2 aromatic carbocycles. The van der Waals surface area contributed by atoms with Crippen molar-refractivity contribution in [1.82, 2.24) is 25.0 Å². The zero-order valence-electron chi connectivity index (χ0n) is 26.6. The predicted molar refractivity (Wildman–Crippen MR) is 177 cm³/mol. The van der Waals surface area contributed by atoms with E-state index >= 15 is 0 Å². The number of nitrogens with one attached hydrogen (secondary N) is 1.